The number of hydrogen-bond donors (Lipinski definition) is 1. The number of fused-ring (bicyclic) bond motifs is 6. The van der Waals surface area contributed by atoms with Gasteiger partial charge in [0.2, 0.25) is 0 Å². The molecule has 0 bridgehead atoms. The molecule has 74 heavy (non-hydrogen) atoms. The SMILES string of the molecule is Cc1cc(C(C)(C)C)ccc1N1c2ccc(N(c3ccc(C(C)(C)C)cc3)c3ccc(C(C)(C)C)cc3)cc2Bc2c(-c3ccccc3Nc3cccc(-c4ccccc4)c3)cc3c(c21)-c1ccccc1C3(C)C. The van der Waals surface area contributed by atoms with Crippen molar-refractivity contribution in [2.75, 3.05) is 15.1 Å². The van der Waals surface area contributed by atoms with E-state index in [4.69, 9.17) is 0 Å². The van der Waals surface area contributed by atoms with Crippen molar-refractivity contribution in [1.29, 1.82) is 0 Å². The van der Waals surface area contributed by atoms with Gasteiger partial charge in [-0.3, -0.25) is 0 Å². The summed E-state index contributed by atoms with van der Waals surface area (Å²) in [5, 5.41) is 3.95. The third-order valence-electron chi connectivity index (χ3n) is 15.9. The van der Waals surface area contributed by atoms with Gasteiger partial charge in [-0.15, -0.1) is 0 Å². The number of aryl methyl sites for hydroxylation is 1. The van der Waals surface area contributed by atoms with Crippen LogP contribution >= 0.6 is 0 Å². The van der Waals surface area contributed by atoms with E-state index in [-0.39, 0.29) is 21.7 Å². The monoisotopic (exact) mass is 964 g/mol. The van der Waals surface area contributed by atoms with Crippen molar-refractivity contribution in [1.82, 2.24) is 0 Å². The van der Waals surface area contributed by atoms with Crippen molar-refractivity contribution in [2.24, 2.45) is 0 Å². The van der Waals surface area contributed by atoms with E-state index >= 15 is 0 Å². The van der Waals surface area contributed by atoms with Crippen LogP contribution in [0.1, 0.15) is 110 Å². The number of anilines is 8. The quantitative estimate of drug-likeness (QED) is 0.153. The molecule has 4 heteroatoms. The minimum atomic E-state index is -0.241. The highest BCUT2D eigenvalue weighted by Crippen LogP contribution is 2.56. The van der Waals surface area contributed by atoms with Crippen molar-refractivity contribution in [3.8, 4) is 33.4 Å². The van der Waals surface area contributed by atoms with E-state index in [0.717, 1.165) is 35.7 Å². The molecule has 9 aromatic carbocycles. The van der Waals surface area contributed by atoms with Gasteiger partial charge in [0.25, 0.3) is 0 Å². The van der Waals surface area contributed by atoms with Crippen LogP contribution in [0.4, 0.5) is 45.5 Å². The van der Waals surface area contributed by atoms with Crippen LogP contribution in [0.5, 0.6) is 0 Å². The Morgan fingerprint density at radius 1 is 0.459 bits per heavy atom. The van der Waals surface area contributed by atoms with E-state index in [1.54, 1.807) is 0 Å². The second-order valence-electron chi connectivity index (χ2n) is 24.5. The molecule has 9 aromatic rings. The van der Waals surface area contributed by atoms with Crippen LogP contribution in [0, 0.1) is 6.92 Å². The fourth-order valence-corrected chi connectivity index (χ4v) is 11.6. The van der Waals surface area contributed by atoms with Crippen molar-refractivity contribution in [2.45, 2.75) is 105 Å². The van der Waals surface area contributed by atoms with E-state index < -0.39 is 0 Å². The molecule has 0 unspecified atom stereocenters. The lowest BCUT2D eigenvalue weighted by molar-refractivity contribution is 0.589. The zero-order chi connectivity index (χ0) is 51.9. The Morgan fingerprint density at radius 3 is 1.65 bits per heavy atom. The summed E-state index contributed by atoms with van der Waals surface area (Å²) in [6.45, 7) is 27.8. The van der Waals surface area contributed by atoms with Crippen LogP contribution in [0.2, 0.25) is 0 Å². The van der Waals surface area contributed by atoms with E-state index in [1.807, 2.05) is 0 Å². The van der Waals surface area contributed by atoms with E-state index in [1.165, 1.54) is 94.7 Å². The number of para-hydroxylation sites is 1. The summed E-state index contributed by atoms with van der Waals surface area (Å²) in [6.07, 6.45) is 0. The third kappa shape index (κ3) is 8.72. The van der Waals surface area contributed by atoms with Gasteiger partial charge in [0.15, 0.2) is 7.28 Å². The van der Waals surface area contributed by atoms with Gasteiger partial charge < -0.3 is 15.1 Å². The molecule has 11 rings (SSSR count). The maximum atomic E-state index is 3.95. The molecule has 0 fully saturated rings. The minimum absolute atomic E-state index is 0.00420. The number of hydrogen-bond acceptors (Lipinski definition) is 3. The normalized spacial score (nSPS) is 13.6. The lowest BCUT2D eigenvalue weighted by Crippen LogP contribution is -2.42. The molecular formula is C70H70BN3. The molecule has 368 valence electrons. The van der Waals surface area contributed by atoms with E-state index in [9.17, 15) is 0 Å². The molecule has 3 nitrogen and oxygen atoms in total. The Hall–Kier alpha value is -7.56. The fourth-order valence-electron chi connectivity index (χ4n) is 11.6. The summed E-state index contributed by atoms with van der Waals surface area (Å²) in [6, 6.07) is 73.0. The summed E-state index contributed by atoms with van der Waals surface area (Å²) in [5.41, 5.74) is 27.1. The molecule has 0 aromatic heterocycles. The average molecular weight is 964 g/mol. The Morgan fingerprint density at radius 2 is 1.01 bits per heavy atom. The van der Waals surface area contributed by atoms with Crippen molar-refractivity contribution >= 4 is 63.7 Å². The molecule has 0 saturated heterocycles. The Labute approximate surface area is 442 Å². The topological polar surface area (TPSA) is 18.5 Å². The lowest BCUT2D eigenvalue weighted by atomic mass is 9.57. The van der Waals surface area contributed by atoms with Gasteiger partial charge >= 0.3 is 0 Å². The first kappa shape index (κ1) is 48.7. The molecule has 0 spiro atoms. The predicted octanol–water partition coefficient (Wildman–Crippen LogP) is 17.9. The van der Waals surface area contributed by atoms with Crippen molar-refractivity contribution in [3.05, 3.63) is 228 Å². The standard InChI is InChI=1S/C70H70BN3/c1-45-41-50(69(8,9)10)33-39-62(45)74-63-40-38-54(73(52-34-29-48(30-35-52)67(2,3)4)53-36-31-49(32-37-53)68(5,6)7)43-60(63)71-65-57(44-59-64(66(65)74)56-26-16-18-27-58(56)70(59,11)12)55-25-17-19-28-61(55)72-51-24-20-23-47(42-51)46-21-14-13-15-22-46/h13-44,71-72H,1-12H3. The smallest absolute Gasteiger partial charge is 0.198 e. The molecule has 0 atom stereocenters. The molecule has 1 N–H and O–H groups in total. The molecule has 0 amide bonds. The van der Waals surface area contributed by atoms with Crippen LogP contribution in [0.15, 0.2) is 194 Å². The number of rotatable bonds is 8. The second kappa shape index (κ2) is 18.1. The first-order chi connectivity index (χ1) is 35.3. The first-order valence-corrected chi connectivity index (χ1v) is 26.6. The molecule has 1 aliphatic heterocycles. The van der Waals surface area contributed by atoms with Gasteiger partial charge in [-0.2, -0.15) is 0 Å². The third-order valence-corrected chi connectivity index (χ3v) is 15.9. The maximum absolute atomic E-state index is 3.95. The summed E-state index contributed by atoms with van der Waals surface area (Å²) in [5.74, 6) is 0. The highest BCUT2D eigenvalue weighted by Gasteiger charge is 2.42. The zero-order valence-corrected chi connectivity index (χ0v) is 45.6. The first-order valence-electron chi connectivity index (χ1n) is 26.6. The van der Waals surface area contributed by atoms with Gasteiger partial charge in [-0.25, -0.2) is 0 Å². The number of nitrogens with one attached hydrogen (secondary N) is 1. The van der Waals surface area contributed by atoms with Gasteiger partial charge in [-0.1, -0.05) is 203 Å². The largest absolute Gasteiger partial charge is 0.355 e. The molecule has 2 aliphatic rings. The van der Waals surface area contributed by atoms with E-state index in [2.05, 4.69) is 292 Å². The molecule has 1 heterocycles. The average Bonchev–Trinajstić information content (AvgIpc) is 3.61. The van der Waals surface area contributed by atoms with Crippen LogP contribution in [-0.2, 0) is 21.7 Å². The maximum Gasteiger partial charge on any atom is 0.198 e. The minimum Gasteiger partial charge on any atom is -0.355 e. The summed E-state index contributed by atoms with van der Waals surface area (Å²) in [7, 11) is 0.747. The van der Waals surface area contributed by atoms with Crippen LogP contribution in [0.25, 0.3) is 33.4 Å². The Kier molecular flexibility index (Phi) is 11.9. The Bertz CT molecular complexity index is 3530. The lowest BCUT2D eigenvalue weighted by Gasteiger charge is -2.39. The zero-order valence-electron chi connectivity index (χ0n) is 45.6. The van der Waals surface area contributed by atoms with Gasteiger partial charge in [0.05, 0.1) is 0 Å². The number of benzene rings is 9. The van der Waals surface area contributed by atoms with Crippen molar-refractivity contribution < 1.29 is 0 Å². The fraction of sp³-hybridized carbons (Fsp3) is 0.229. The summed E-state index contributed by atoms with van der Waals surface area (Å²) in [4.78, 5) is 5.09. The van der Waals surface area contributed by atoms with Crippen molar-refractivity contribution in [3.63, 3.8) is 0 Å². The molecular weight excluding hydrogens is 894 g/mol. The molecule has 0 saturated carbocycles. The second-order valence-corrected chi connectivity index (χ2v) is 24.5. The van der Waals surface area contributed by atoms with Crippen LogP contribution in [0.3, 0.4) is 0 Å². The Balaban J connectivity index is 1.16. The summed E-state index contributed by atoms with van der Waals surface area (Å²) >= 11 is 0. The van der Waals surface area contributed by atoms with Gasteiger partial charge in [-0.05, 0) is 157 Å². The van der Waals surface area contributed by atoms with E-state index in [0.29, 0.717) is 0 Å². The number of nitrogens with zero attached hydrogens (tertiary/aromatic N) is 2. The van der Waals surface area contributed by atoms with Gasteiger partial charge in [0, 0.05) is 62.0 Å². The summed E-state index contributed by atoms with van der Waals surface area (Å²) < 4.78 is 0. The highest BCUT2D eigenvalue weighted by molar-refractivity contribution is 6.73. The van der Waals surface area contributed by atoms with Gasteiger partial charge in [0.1, 0.15) is 0 Å². The van der Waals surface area contributed by atoms with Crippen LogP contribution < -0.4 is 26.0 Å². The molecule has 0 radical (unpaired) electrons. The predicted molar refractivity (Wildman–Crippen MR) is 321 cm³/mol. The molecule has 1 aliphatic carbocycles. The highest BCUT2D eigenvalue weighted by atomic mass is 15.2. The van der Waals surface area contributed by atoms with Crippen LogP contribution in [-0.4, -0.2) is 7.28 Å².